The number of benzene rings is 2. The molecule has 8 nitrogen and oxygen atoms in total. The van der Waals surface area contributed by atoms with E-state index in [9.17, 15) is 9.59 Å². The van der Waals surface area contributed by atoms with Crippen molar-refractivity contribution >= 4 is 23.6 Å². The van der Waals surface area contributed by atoms with Crippen molar-refractivity contribution in [2.24, 2.45) is 0 Å². The number of carbonyl (C=O) groups excluding carboxylic acids is 2. The number of nitrogens with zero attached hydrogens (tertiary/aromatic N) is 1. The molecule has 176 valence electrons. The molecular formula is C24H28N2O6S. The van der Waals surface area contributed by atoms with Crippen molar-refractivity contribution < 1.29 is 28.5 Å². The molecule has 0 bridgehead atoms. The molecule has 0 spiro atoms. The summed E-state index contributed by atoms with van der Waals surface area (Å²) < 4.78 is 21.0. The monoisotopic (exact) mass is 472 g/mol. The number of hydrogen-bond donors (Lipinski definition) is 1. The Labute approximate surface area is 197 Å². The molecule has 0 aromatic heterocycles. The van der Waals surface area contributed by atoms with E-state index in [0.29, 0.717) is 35.1 Å². The smallest absolute Gasteiger partial charge is 0.260 e. The minimum absolute atomic E-state index is 0.211. The van der Waals surface area contributed by atoms with Gasteiger partial charge in [-0.05, 0) is 37.6 Å². The number of thioether (sulfide) groups is 1. The van der Waals surface area contributed by atoms with Crippen LogP contribution in [0.1, 0.15) is 40.7 Å². The van der Waals surface area contributed by atoms with Crippen molar-refractivity contribution in [3.8, 4) is 23.0 Å². The zero-order chi connectivity index (χ0) is 23.9. The van der Waals surface area contributed by atoms with Gasteiger partial charge in [-0.1, -0.05) is 12.1 Å². The lowest BCUT2D eigenvalue weighted by Gasteiger charge is -2.29. The minimum Gasteiger partial charge on any atom is -0.493 e. The average Bonchev–Trinajstić information content (AvgIpc) is 3.25. The Bertz CT molecular complexity index is 1100. The van der Waals surface area contributed by atoms with Crippen LogP contribution in [0.15, 0.2) is 30.3 Å². The molecule has 1 N–H and O–H groups in total. The van der Waals surface area contributed by atoms with Crippen molar-refractivity contribution in [2.45, 2.75) is 36.6 Å². The molecule has 2 aliphatic heterocycles. The van der Waals surface area contributed by atoms with Crippen molar-refractivity contribution in [1.29, 1.82) is 0 Å². The van der Waals surface area contributed by atoms with Gasteiger partial charge in [-0.2, -0.15) is 0 Å². The van der Waals surface area contributed by atoms with Gasteiger partial charge >= 0.3 is 0 Å². The van der Waals surface area contributed by atoms with E-state index in [2.05, 4.69) is 5.32 Å². The van der Waals surface area contributed by atoms with Crippen LogP contribution in [0, 0.1) is 0 Å². The van der Waals surface area contributed by atoms with Crippen molar-refractivity contribution in [1.82, 2.24) is 10.2 Å². The Balaban J connectivity index is 1.59. The second-order valence-corrected chi connectivity index (χ2v) is 10.1. The van der Waals surface area contributed by atoms with Crippen LogP contribution in [0.2, 0.25) is 0 Å². The van der Waals surface area contributed by atoms with Gasteiger partial charge in [-0.25, -0.2) is 0 Å². The van der Waals surface area contributed by atoms with E-state index < -0.39 is 10.8 Å². The number of fused-ring (bicyclic) bond motifs is 3. The summed E-state index contributed by atoms with van der Waals surface area (Å²) in [6.07, 6.45) is 0. The van der Waals surface area contributed by atoms with E-state index in [-0.39, 0.29) is 17.2 Å². The lowest BCUT2D eigenvalue weighted by Crippen LogP contribution is -2.52. The van der Waals surface area contributed by atoms with Crippen LogP contribution in [0.4, 0.5) is 0 Å². The van der Waals surface area contributed by atoms with Crippen LogP contribution >= 0.6 is 11.8 Å². The van der Waals surface area contributed by atoms with Crippen LogP contribution < -0.4 is 24.3 Å². The summed E-state index contributed by atoms with van der Waals surface area (Å²) in [5, 5.41) is 2.73. The molecule has 2 aromatic rings. The van der Waals surface area contributed by atoms with Crippen molar-refractivity contribution in [2.75, 3.05) is 28.4 Å². The largest absolute Gasteiger partial charge is 0.493 e. The van der Waals surface area contributed by atoms with Gasteiger partial charge in [0.1, 0.15) is 11.4 Å². The summed E-state index contributed by atoms with van der Waals surface area (Å²) in [7, 11) is 6.19. The van der Waals surface area contributed by atoms with Gasteiger partial charge in [0.2, 0.25) is 5.91 Å². The Kier molecular flexibility index (Phi) is 6.09. The number of methoxy groups -OCH3 is 4. The van der Waals surface area contributed by atoms with Gasteiger partial charge in [0.05, 0.1) is 34.0 Å². The summed E-state index contributed by atoms with van der Waals surface area (Å²) in [5.74, 6) is 1.66. The lowest BCUT2D eigenvalue weighted by molar-refractivity contribution is -0.126. The third kappa shape index (κ3) is 3.74. The number of hydrogen-bond acceptors (Lipinski definition) is 7. The van der Waals surface area contributed by atoms with E-state index in [4.69, 9.17) is 18.9 Å². The number of rotatable bonds is 7. The normalized spacial score (nSPS) is 20.2. The van der Waals surface area contributed by atoms with Gasteiger partial charge in [-0.15, -0.1) is 11.8 Å². The molecule has 1 fully saturated rings. The number of carbonyl (C=O) groups is 2. The molecule has 1 saturated heterocycles. The van der Waals surface area contributed by atoms with Crippen molar-refractivity contribution in [3.63, 3.8) is 0 Å². The highest BCUT2D eigenvalue weighted by Crippen LogP contribution is 2.58. The molecular weight excluding hydrogens is 444 g/mol. The van der Waals surface area contributed by atoms with Gasteiger partial charge in [0.15, 0.2) is 23.0 Å². The molecule has 2 aromatic carbocycles. The third-order valence-corrected chi connectivity index (χ3v) is 7.60. The number of ether oxygens (including phenoxy) is 4. The van der Waals surface area contributed by atoms with E-state index in [1.54, 1.807) is 43.0 Å². The summed E-state index contributed by atoms with van der Waals surface area (Å²) >= 11 is 1.60. The lowest BCUT2D eigenvalue weighted by atomic mass is 10.0. The molecule has 0 saturated carbocycles. The van der Waals surface area contributed by atoms with Crippen LogP contribution in [0.25, 0.3) is 0 Å². The van der Waals surface area contributed by atoms with Gasteiger partial charge in [0.25, 0.3) is 5.91 Å². The Morgan fingerprint density at radius 2 is 1.67 bits per heavy atom. The first kappa shape index (κ1) is 23.1. The molecule has 0 radical (unpaired) electrons. The molecule has 2 heterocycles. The molecule has 2 aliphatic rings. The Morgan fingerprint density at radius 3 is 2.30 bits per heavy atom. The Hall–Kier alpha value is -3.07. The predicted molar refractivity (Wildman–Crippen MR) is 125 cm³/mol. The topological polar surface area (TPSA) is 86.3 Å². The first-order valence-corrected chi connectivity index (χ1v) is 11.4. The van der Waals surface area contributed by atoms with Gasteiger partial charge in [0, 0.05) is 16.9 Å². The maximum Gasteiger partial charge on any atom is 0.260 e. The number of amides is 2. The van der Waals surface area contributed by atoms with Crippen molar-refractivity contribution in [3.05, 3.63) is 47.0 Å². The number of nitrogens with one attached hydrogen (secondary N) is 1. The molecule has 33 heavy (non-hydrogen) atoms. The third-order valence-electron chi connectivity index (χ3n) is 6.06. The predicted octanol–water partition coefficient (Wildman–Crippen LogP) is 3.39. The fourth-order valence-corrected chi connectivity index (χ4v) is 6.11. The maximum absolute atomic E-state index is 13.5. The molecule has 2 atom stereocenters. The SMILES string of the molecule is COc1ccc(CNC(=O)[C@H]2N3C(=O)c4c(ccc(OC)c4OC)C3SC2(C)C)cc1OC. The summed E-state index contributed by atoms with van der Waals surface area (Å²) in [5.41, 5.74) is 2.16. The fourth-order valence-electron chi connectivity index (χ4n) is 4.53. The molecule has 1 unspecified atom stereocenters. The summed E-state index contributed by atoms with van der Waals surface area (Å²) in [4.78, 5) is 28.6. The second-order valence-electron chi connectivity index (χ2n) is 8.36. The highest BCUT2D eigenvalue weighted by Gasteiger charge is 2.58. The maximum atomic E-state index is 13.5. The molecule has 9 heteroatoms. The van der Waals surface area contributed by atoms with E-state index in [1.165, 1.54) is 14.2 Å². The van der Waals surface area contributed by atoms with Crippen LogP contribution in [0.3, 0.4) is 0 Å². The van der Waals surface area contributed by atoms with E-state index in [0.717, 1.165) is 11.1 Å². The van der Waals surface area contributed by atoms with E-state index in [1.807, 2.05) is 32.0 Å². The van der Waals surface area contributed by atoms with Crippen LogP contribution in [-0.2, 0) is 11.3 Å². The van der Waals surface area contributed by atoms with Gasteiger partial charge in [-0.3, -0.25) is 9.59 Å². The fraction of sp³-hybridized carbons (Fsp3) is 0.417. The minimum atomic E-state index is -0.650. The van der Waals surface area contributed by atoms with Gasteiger partial charge < -0.3 is 29.2 Å². The highest BCUT2D eigenvalue weighted by molar-refractivity contribution is 8.01. The van der Waals surface area contributed by atoms with Crippen LogP contribution in [-0.4, -0.2) is 55.9 Å². The highest BCUT2D eigenvalue weighted by atomic mass is 32.2. The molecule has 4 rings (SSSR count). The zero-order valence-corrected chi connectivity index (χ0v) is 20.4. The summed E-state index contributed by atoms with van der Waals surface area (Å²) in [6.45, 7) is 4.28. The molecule has 2 amide bonds. The zero-order valence-electron chi connectivity index (χ0n) is 19.6. The molecule has 0 aliphatic carbocycles. The first-order chi connectivity index (χ1) is 15.8. The van der Waals surface area contributed by atoms with E-state index >= 15 is 0 Å². The standard InChI is InChI=1S/C24H28N2O6S/c1-24(2)20(21(27)25-12-13-7-9-15(29-3)17(11-13)31-5)26-22(28)18-14(23(26)33-24)8-10-16(30-4)19(18)32-6/h7-11,20,23H,12H2,1-6H3,(H,25,27)/t20-,23?/m1/s1. The average molecular weight is 473 g/mol. The van der Waals surface area contributed by atoms with Crippen LogP contribution in [0.5, 0.6) is 23.0 Å². The summed E-state index contributed by atoms with van der Waals surface area (Å²) in [6, 6.07) is 8.52. The second kappa shape index (κ2) is 8.70. The quantitative estimate of drug-likeness (QED) is 0.661. The Morgan fingerprint density at radius 1 is 1.00 bits per heavy atom. The first-order valence-electron chi connectivity index (χ1n) is 10.5.